The molecular weight excluding hydrogens is 212 g/mol. The maximum absolute atomic E-state index is 11.8. The molecule has 94 valence electrons. The second kappa shape index (κ2) is 7.07. The molecule has 3 heteroatoms. The predicted octanol–water partition coefficient (Wildman–Crippen LogP) is 1.86. The van der Waals surface area contributed by atoms with Crippen molar-refractivity contribution in [3.63, 3.8) is 0 Å². The summed E-state index contributed by atoms with van der Waals surface area (Å²) in [7, 11) is 0. The minimum atomic E-state index is 0.0129. The van der Waals surface area contributed by atoms with E-state index in [1.165, 1.54) is 11.1 Å². The summed E-state index contributed by atoms with van der Waals surface area (Å²) in [4.78, 5) is 11.8. The minimum Gasteiger partial charge on any atom is -0.352 e. The summed E-state index contributed by atoms with van der Waals surface area (Å²) in [6, 6.07) is 8.11. The third kappa shape index (κ3) is 4.57. The van der Waals surface area contributed by atoms with Gasteiger partial charge in [-0.2, -0.15) is 0 Å². The lowest BCUT2D eigenvalue weighted by molar-refractivity contribution is -0.124. The number of benzene rings is 1. The first-order chi connectivity index (χ1) is 8.15. The van der Waals surface area contributed by atoms with E-state index >= 15 is 0 Å². The van der Waals surface area contributed by atoms with Crippen molar-refractivity contribution in [1.82, 2.24) is 10.6 Å². The summed E-state index contributed by atoms with van der Waals surface area (Å²) >= 11 is 0. The standard InChI is InChI=1S/C14H22N2O/c1-4-15-9-12(3)14(17)16-10-13-8-6-5-7-11(13)2/h5-8,12,15H,4,9-10H2,1-3H3,(H,16,17). The number of carbonyl (C=O) groups is 1. The fourth-order valence-corrected chi connectivity index (χ4v) is 1.62. The zero-order valence-electron chi connectivity index (χ0n) is 10.9. The molecule has 0 radical (unpaired) electrons. The zero-order valence-corrected chi connectivity index (χ0v) is 10.9. The molecular formula is C14H22N2O. The normalized spacial score (nSPS) is 12.2. The Morgan fingerprint density at radius 2 is 2.06 bits per heavy atom. The molecule has 1 unspecified atom stereocenters. The van der Waals surface area contributed by atoms with Crippen LogP contribution in [-0.4, -0.2) is 19.0 Å². The summed E-state index contributed by atoms with van der Waals surface area (Å²) in [6.45, 7) is 8.28. The van der Waals surface area contributed by atoms with Gasteiger partial charge in [0.15, 0.2) is 0 Å². The highest BCUT2D eigenvalue weighted by Crippen LogP contribution is 2.06. The molecule has 0 aromatic heterocycles. The van der Waals surface area contributed by atoms with Crippen molar-refractivity contribution in [2.24, 2.45) is 5.92 Å². The number of hydrogen-bond acceptors (Lipinski definition) is 2. The minimum absolute atomic E-state index is 0.0129. The highest BCUT2D eigenvalue weighted by Gasteiger charge is 2.11. The molecule has 1 aromatic rings. The van der Waals surface area contributed by atoms with E-state index in [1.54, 1.807) is 0 Å². The monoisotopic (exact) mass is 234 g/mol. The van der Waals surface area contributed by atoms with E-state index in [4.69, 9.17) is 0 Å². The molecule has 1 amide bonds. The molecule has 1 rings (SSSR count). The summed E-state index contributed by atoms with van der Waals surface area (Å²) in [5.41, 5.74) is 2.39. The Hall–Kier alpha value is -1.35. The van der Waals surface area contributed by atoms with Crippen molar-refractivity contribution in [2.75, 3.05) is 13.1 Å². The van der Waals surface area contributed by atoms with Gasteiger partial charge in [-0.1, -0.05) is 38.1 Å². The summed E-state index contributed by atoms with van der Waals surface area (Å²) in [5.74, 6) is 0.119. The molecule has 0 bridgehead atoms. The number of rotatable bonds is 6. The van der Waals surface area contributed by atoms with Crippen molar-refractivity contribution in [1.29, 1.82) is 0 Å². The molecule has 0 saturated heterocycles. The average Bonchev–Trinajstić information content (AvgIpc) is 2.34. The second-order valence-electron chi connectivity index (χ2n) is 4.35. The highest BCUT2D eigenvalue weighted by atomic mass is 16.1. The van der Waals surface area contributed by atoms with Crippen molar-refractivity contribution in [3.8, 4) is 0 Å². The topological polar surface area (TPSA) is 41.1 Å². The van der Waals surface area contributed by atoms with Gasteiger partial charge in [0.2, 0.25) is 5.91 Å². The number of carbonyl (C=O) groups excluding carboxylic acids is 1. The first-order valence-corrected chi connectivity index (χ1v) is 6.18. The highest BCUT2D eigenvalue weighted by molar-refractivity contribution is 5.78. The van der Waals surface area contributed by atoms with Crippen LogP contribution in [0.2, 0.25) is 0 Å². The van der Waals surface area contributed by atoms with Gasteiger partial charge in [0.1, 0.15) is 0 Å². The lowest BCUT2D eigenvalue weighted by Crippen LogP contribution is -2.35. The Kier molecular flexibility index (Phi) is 5.70. The van der Waals surface area contributed by atoms with E-state index in [-0.39, 0.29) is 11.8 Å². The number of aryl methyl sites for hydroxylation is 1. The molecule has 0 aliphatic carbocycles. The van der Waals surface area contributed by atoms with Crippen LogP contribution in [0, 0.1) is 12.8 Å². The average molecular weight is 234 g/mol. The van der Waals surface area contributed by atoms with Crippen LogP contribution in [0.5, 0.6) is 0 Å². The molecule has 2 N–H and O–H groups in total. The van der Waals surface area contributed by atoms with E-state index < -0.39 is 0 Å². The molecule has 0 fully saturated rings. The zero-order chi connectivity index (χ0) is 12.7. The Morgan fingerprint density at radius 1 is 1.35 bits per heavy atom. The van der Waals surface area contributed by atoms with E-state index in [9.17, 15) is 4.79 Å². The maximum Gasteiger partial charge on any atom is 0.224 e. The van der Waals surface area contributed by atoms with Crippen LogP contribution in [0.15, 0.2) is 24.3 Å². The Labute approximate surface area is 104 Å². The number of nitrogens with one attached hydrogen (secondary N) is 2. The van der Waals surface area contributed by atoms with Crippen LogP contribution < -0.4 is 10.6 Å². The first-order valence-electron chi connectivity index (χ1n) is 6.18. The predicted molar refractivity (Wildman–Crippen MR) is 70.7 cm³/mol. The number of amides is 1. The second-order valence-corrected chi connectivity index (χ2v) is 4.35. The number of hydrogen-bond donors (Lipinski definition) is 2. The third-order valence-corrected chi connectivity index (χ3v) is 2.86. The van der Waals surface area contributed by atoms with Gasteiger partial charge in [0.25, 0.3) is 0 Å². The lowest BCUT2D eigenvalue weighted by Gasteiger charge is -2.13. The van der Waals surface area contributed by atoms with Gasteiger partial charge in [0.05, 0.1) is 0 Å². The SMILES string of the molecule is CCNCC(C)C(=O)NCc1ccccc1C. The lowest BCUT2D eigenvalue weighted by atomic mass is 10.1. The Bertz CT molecular complexity index is 363. The Morgan fingerprint density at radius 3 is 2.71 bits per heavy atom. The van der Waals surface area contributed by atoms with Crippen LogP contribution in [0.1, 0.15) is 25.0 Å². The fraction of sp³-hybridized carbons (Fsp3) is 0.500. The van der Waals surface area contributed by atoms with Crippen LogP contribution in [-0.2, 0) is 11.3 Å². The van der Waals surface area contributed by atoms with Crippen LogP contribution in [0.4, 0.5) is 0 Å². The van der Waals surface area contributed by atoms with Crippen LogP contribution in [0.3, 0.4) is 0 Å². The summed E-state index contributed by atoms with van der Waals surface area (Å²) in [5, 5.41) is 6.15. The van der Waals surface area contributed by atoms with Gasteiger partial charge in [-0.05, 0) is 24.6 Å². The van der Waals surface area contributed by atoms with Gasteiger partial charge >= 0.3 is 0 Å². The van der Waals surface area contributed by atoms with E-state index in [2.05, 4.69) is 23.6 Å². The molecule has 0 spiro atoms. The van der Waals surface area contributed by atoms with E-state index in [0.29, 0.717) is 6.54 Å². The summed E-state index contributed by atoms with van der Waals surface area (Å²) < 4.78 is 0. The van der Waals surface area contributed by atoms with Gasteiger partial charge < -0.3 is 10.6 Å². The molecule has 0 saturated carbocycles. The molecule has 3 nitrogen and oxygen atoms in total. The smallest absolute Gasteiger partial charge is 0.224 e. The molecule has 1 aromatic carbocycles. The van der Waals surface area contributed by atoms with Crippen molar-refractivity contribution in [2.45, 2.75) is 27.3 Å². The maximum atomic E-state index is 11.8. The third-order valence-electron chi connectivity index (χ3n) is 2.86. The molecule has 0 aliphatic rings. The van der Waals surface area contributed by atoms with Crippen molar-refractivity contribution >= 4 is 5.91 Å². The largest absolute Gasteiger partial charge is 0.352 e. The summed E-state index contributed by atoms with van der Waals surface area (Å²) in [6.07, 6.45) is 0. The van der Waals surface area contributed by atoms with Crippen molar-refractivity contribution < 1.29 is 4.79 Å². The quantitative estimate of drug-likeness (QED) is 0.789. The van der Waals surface area contributed by atoms with E-state index in [1.807, 2.05) is 32.0 Å². The van der Waals surface area contributed by atoms with Gasteiger partial charge in [-0.25, -0.2) is 0 Å². The molecule has 1 atom stereocenters. The van der Waals surface area contributed by atoms with Gasteiger partial charge in [-0.3, -0.25) is 4.79 Å². The van der Waals surface area contributed by atoms with Crippen LogP contribution in [0.25, 0.3) is 0 Å². The fourth-order valence-electron chi connectivity index (χ4n) is 1.62. The van der Waals surface area contributed by atoms with Crippen molar-refractivity contribution in [3.05, 3.63) is 35.4 Å². The van der Waals surface area contributed by atoms with E-state index in [0.717, 1.165) is 13.1 Å². The molecule has 0 aliphatic heterocycles. The molecule has 17 heavy (non-hydrogen) atoms. The first kappa shape index (κ1) is 13.7. The van der Waals surface area contributed by atoms with Crippen LogP contribution >= 0.6 is 0 Å². The molecule has 0 heterocycles. The Balaban J connectivity index is 2.40. The van der Waals surface area contributed by atoms with Gasteiger partial charge in [-0.15, -0.1) is 0 Å². The van der Waals surface area contributed by atoms with Gasteiger partial charge in [0, 0.05) is 19.0 Å².